The molecule has 0 atom stereocenters. The predicted octanol–water partition coefficient (Wildman–Crippen LogP) is 2.07. The Bertz CT molecular complexity index is 926. The van der Waals surface area contributed by atoms with Gasteiger partial charge in [-0.05, 0) is 48.9 Å². The summed E-state index contributed by atoms with van der Waals surface area (Å²) in [6, 6.07) is 10.3. The number of nitrogens with one attached hydrogen (secondary N) is 1. The average Bonchev–Trinajstić information content (AvgIpc) is 3.01. The summed E-state index contributed by atoms with van der Waals surface area (Å²) >= 11 is 0. The van der Waals surface area contributed by atoms with Crippen molar-refractivity contribution >= 4 is 27.5 Å². The van der Waals surface area contributed by atoms with E-state index in [1.165, 1.54) is 12.1 Å². The second-order valence-corrected chi connectivity index (χ2v) is 7.27. The highest BCUT2D eigenvalue weighted by Gasteiger charge is 2.23. The summed E-state index contributed by atoms with van der Waals surface area (Å²) in [6.45, 7) is 0.567. The molecule has 1 aliphatic rings. The first-order chi connectivity index (χ1) is 11.9. The van der Waals surface area contributed by atoms with Gasteiger partial charge in [0.15, 0.2) is 0 Å². The highest BCUT2D eigenvalue weighted by atomic mass is 32.2. The van der Waals surface area contributed by atoms with Gasteiger partial charge in [0.25, 0.3) is 15.9 Å². The van der Waals surface area contributed by atoms with E-state index in [1.54, 1.807) is 17.0 Å². The maximum atomic E-state index is 12.9. The van der Waals surface area contributed by atoms with E-state index in [2.05, 4.69) is 0 Å². The molecular formula is C17H15FN2O4S. The molecule has 2 aromatic rings. The summed E-state index contributed by atoms with van der Waals surface area (Å²) in [5.74, 6) is -1.43. The summed E-state index contributed by atoms with van der Waals surface area (Å²) in [4.78, 5) is 25.4. The van der Waals surface area contributed by atoms with E-state index in [4.69, 9.17) is 0 Å². The molecular weight excluding hydrogens is 347 g/mol. The first-order valence-electron chi connectivity index (χ1n) is 7.60. The number of amides is 2. The van der Waals surface area contributed by atoms with Gasteiger partial charge in [-0.3, -0.25) is 9.59 Å². The van der Waals surface area contributed by atoms with E-state index in [0.717, 1.165) is 30.7 Å². The minimum atomic E-state index is -4.11. The van der Waals surface area contributed by atoms with E-state index in [-0.39, 0.29) is 16.4 Å². The smallest absolute Gasteiger partial charge is 0.265 e. The Kier molecular flexibility index (Phi) is 4.54. The van der Waals surface area contributed by atoms with Crippen molar-refractivity contribution in [1.82, 2.24) is 4.72 Å². The lowest BCUT2D eigenvalue weighted by molar-refractivity contribution is -0.117. The summed E-state index contributed by atoms with van der Waals surface area (Å²) in [6.07, 6.45) is 1.20. The molecule has 8 heteroatoms. The van der Waals surface area contributed by atoms with E-state index in [1.807, 2.05) is 4.72 Å². The van der Waals surface area contributed by atoms with Gasteiger partial charge in [0.05, 0.1) is 4.90 Å². The molecule has 0 saturated carbocycles. The lowest BCUT2D eigenvalue weighted by Gasteiger charge is -2.16. The van der Waals surface area contributed by atoms with E-state index < -0.39 is 21.7 Å². The normalized spacial score (nSPS) is 14.6. The maximum Gasteiger partial charge on any atom is 0.265 e. The van der Waals surface area contributed by atoms with Gasteiger partial charge in [-0.15, -0.1) is 0 Å². The van der Waals surface area contributed by atoms with Gasteiger partial charge in [0, 0.05) is 24.2 Å². The molecule has 0 bridgehead atoms. The number of sulfonamides is 1. The Labute approximate surface area is 144 Å². The maximum absolute atomic E-state index is 12.9. The Balaban J connectivity index is 1.81. The van der Waals surface area contributed by atoms with Gasteiger partial charge in [0.2, 0.25) is 5.91 Å². The number of rotatable bonds is 4. The molecule has 6 nitrogen and oxygen atoms in total. The Morgan fingerprint density at radius 2 is 1.84 bits per heavy atom. The molecule has 0 unspecified atom stereocenters. The number of anilines is 1. The molecule has 1 saturated heterocycles. The molecule has 0 aromatic heterocycles. The second kappa shape index (κ2) is 6.64. The lowest BCUT2D eigenvalue weighted by Crippen LogP contribution is -2.31. The van der Waals surface area contributed by atoms with E-state index >= 15 is 0 Å². The number of carbonyl (C=O) groups is 2. The van der Waals surface area contributed by atoms with Crippen LogP contribution >= 0.6 is 0 Å². The van der Waals surface area contributed by atoms with Crippen LogP contribution in [0, 0.1) is 5.82 Å². The van der Waals surface area contributed by atoms with Gasteiger partial charge in [-0.2, -0.15) is 0 Å². The highest BCUT2D eigenvalue weighted by Crippen LogP contribution is 2.22. The third-order valence-electron chi connectivity index (χ3n) is 3.84. The molecule has 3 rings (SSSR count). The largest absolute Gasteiger partial charge is 0.312 e. The summed E-state index contributed by atoms with van der Waals surface area (Å²) in [7, 11) is -4.11. The number of nitrogens with zero attached hydrogens (tertiary/aromatic N) is 1. The van der Waals surface area contributed by atoms with Crippen molar-refractivity contribution in [2.45, 2.75) is 17.7 Å². The third kappa shape index (κ3) is 3.69. The zero-order chi connectivity index (χ0) is 18.0. The third-order valence-corrected chi connectivity index (χ3v) is 5.19. The van der Waals surface area contributed by atoms with Crippen LogP contribution in [0.5, 0.6) is 0 Å². The van der Waals surface area contributed by atoms with Crippen molar-refractivity contribution in [3.8, 4) is 0 Å². The minimum Gasteiger partial charge on any atom is -0.312 e. The van der Waals surface area contributed by atoms with Crippen LogP contribution in [0.4, 0.5) is 10.1 Å². The molecule has 1 aliphatic heterocycles. The molecule has 1 N–H and O–H groups in total. The predicted molar refractivity (Wildman–Crippen MR) is 89.1 cm³/mol. The van der Waals surface area contributed by atoms with Crippen LogP contribution in [0.15, 0.2) is 53.4 Å². The molecule has 1 fully saturated rings. The molecule has 2 amide bonds. The van der Waals surface area contributed by atoms with Crippen LogP contribution in [0.3, 0.4) is 0 Å². The molecule has 1 heterocycles. The van der Waals surface area contributed by atoms with Crippen molar-refractivity contribution < 1.29 is 22.4 Å². The lowest BCUT2D eigenvalue weighted by atomic mass is 10.2. The van der Waals surface area contributed by atoms with Crippen molar-refractivity contribution in [3.05, 3.63) is 59.9 Å². The monoisotopic (exact) mass is 362 g/mol. The van der Waals surface area contributed by atoms with Gasteiger partial charge in [0.1, 0.15) is 5.82 Å². The molecule has 0 radical (unpaired) electrons. The van der Waals surface area contributed by atoms with Gasteiger partial charge in [-0.25, -0.2) is 17.5 Å². The molecule has 0 aliphatic carbocycles. The Morgan fingerprint density at radius 3 is 2.48 bits per heavy atom. The average molecular weight is 362 g/mol. The topological polar surface area (TPSA) is 83.6 Å². The molecule has 2 aromatic carbocycles. The number of hydrogen-bond acceptors (Lipinski definition) is 4. The number of benzene rings is 2. The fourth-order valence-electron chi connectivity index (χ4n) is 2.59. The fraction of sp³-hybridized carbons (Fsp3) is 0.176. The summed E-state index contributed by atoms with van der Waals surface area (Å²) < 4.78 is 39.3. The quantitative estimate of drug-likeness (QED) is 0.903. The van der Waals surface area contributed by atoms with Crippen molar-refractivity contribution in [1.29, 1.82) is 0 Å². The van der Waals surface area contributed by atoms with Crippen molar-refractivity contribution in [3.63, 3.8) is 0 Å². The van der Waals surface area contributed by atoms with Gasteiger partial charge >= 0.3 is 0 Å². The SMILES string of the molecule is O=C(NS(=O)(=O)c1ccc(F)cc1)c1cccc(N2CCCC2=O)c1. The molecule has 25 heavy (non-hydrogen) atoms. The van der Waals surface area contributed by atoms with E-state index in [9.17, 15) is 22.4 Å². The first kappa shape index (κ1) is 17.1. The van der Waals surface area contributed by atoms with Crippen molar-refractivity contribution in [2.75, 3.05) is 11.4 Å². The number of carbonyl (C=O) groups excluding carboxylic acids is 2. The fourth-order valence-corrected chi connectivity index (χ4v) is 3.56. The first-order valence-corrected chi connectivity index (χ1v) is 9.08. The summed E-state index contributed by atoms with van der Waals surface area (Å²) in [5, 5.41) is 0. The number of halogens is 1. The Morgan fingerprint density at radius 1 is 1.12 bits per heavy atom. The standard InChI is InChI=1S/C17H15FN2O4S/c18-13-6-8-15(9-7-13)25(23,24)19-17(22)12-3-1-4-14(11-12)20-10-2-5-16(20)21/h1,3-4,6-9,11H,2,5,10H2,(H,19,22). The minimum absolute atomic E-state index is 0.0310. The van der Waals surface area contributed by atoms with Crippen LogP contribution in [0.25, 0.3) is 0 Å². The molecule has 0 spiro atoms. The van der Waals surface area contributed by atoms with Crippen LogP contribution < -0.4 is 9.62 Å². The molecule has 130 valence electrons. The van der Waals surface area contributed by atoms with Crippen LogP contribution in [0.1, 0.15) is 23.2 Å². The van der Waals surface area contributed by atoms with Crippen LogP contribution in [-0.4, -0.2) is 26.8 Å². The van der Waals surface area contributed by atoms with Crippen LogP contribution in [0.2, 0.25) is 0 Å². The zero-order valence-corrected chi connectivity index (χ0v) is 13.9. The van der Waals surface area contributed by atoms with Gasteiger partial charge in [-0.1, -0.05) is 6.07 Å². The van der Waals surface area contributed by atoms with Crippen LogP contribution in [-0.2, 0) is 14.8 Å². The number of hydrogen-bond donors (Lipinski definition) is 1. The Hall–Kier alpha value is -2.74. The van der Waals surface area contributed by atoms with E-state index in [0.29, 0.717) is 18.7 Å². The van der Waals surface area contributed by atoms with Gasteiger partial charge < -0.3 is 4.90 Å². The second-order valence-electron chi connectivity index (χ2n) is 5.59. The highest BCUT2D eigenvalue weighted by molar-refractivity contribution is 7.90. The van der Waals surface area contributed by atoms with Crippen molar-refractivity contribution in [2.24, 2.45) is 0 Å². The zero-order valence-electron chi connectivity index (χ0n) is 13.1. The summed E-state index contributed by atoms with van der Waals surface area (Å²) in [5.41, 5.74) is 0.664.